The molecule has 0 bridgehead atoms. The second-order valence-electron chi connectivity index (χ2n) is 6.02. The van der Waals surface area contributed by atoms with Gasteiger partial charge in [0, 0.05) is 37.8 Å². The number of phenols is 2. The van der Waals surface area contributed by atoms with Crippen molar-refractivity contribution >= 4 is 24.8 Å². The Hall–Kier alpha value is -0.680. The second kappa shape index (κ2) is 10.2. The van der Waals surface area contributed by atoms with Crippen LogP contribution in [0.3, 0.4) is 0 Å². The molecule has 1 fully saturated rings. The molecule has 1 aromatic carbocycles. The summed E-state index contributed by atoms with van der Waals surface area (Å²) in [6.45, 7) is 8.37. The van der Waals surface area contributed by atoms with E-state index in [4.69, 9.17) is 0 Å². The van der Waals surface area contributed by atoms with E-state index in [1.807, 2.05) is 0 Å². The summed E-state index contributed by atoms with van der Waals surface area (Å²) in [5, 5.41) is 23.2. The van der Waals surface area contributed by atoms with Crippen LogP contribution in [0, 0.1) is 5.92 Å². The number of piperazine rings is 1. The molecule has 2 rings (SSSR count). The minimum absolute atomic E-state index is 0. The van der Waals surface area contributed by atoms with E-state index >= 15 is 0 Å². The largest absolute Gasteiger partial charge is 0.508 e. The first-order chi connectivity index (χ1) is 9.58. The normalized spacial score (nSPS) is 16.7. The third-order valence-electron chi connectivity index (χ3n) is 3.98. The number of nitrogens with one attached hydrogen (secondary N) is 1. The highest BCUT2D eigenvalue weighted by atomic mass is 35.5. The van der Waals surface area contributed by atoms with E-state index in [1.54, 1.807) is 12.1 Å². The fourth-order valence-corrected chi connectivity index (χ4v) is 2.83. The third kappa shape index (κ3) is 5.84. The van der Waals surface area contributed by atoms with Crippen LogP contribution in [-0.2, 0) is 0 Å². The van der Waals surface area contributed by atoms with Gasteiger partial charge in [-0.15, -0.1) is 24.8 Å². The van der Waals surface area contributed by atoms with Crippen molar-refractivity contribution in [2.75, 3.05) is 26.2 Å². The lowest BCUT2D eigenvalue weighted by atomic mass is 9.95. The van der Waals surface area contributed by atoms with Crippen molar-refractivity contribution in [3.8, 4) is 11.5 Å². The molecule has 0 amide bonds. The standard InChI is InChI=1S/C16H26N2O2.2ClH/c1-12(2)3-5-15(18-9-7-17-8-10-18)14-11-13(19)4-6-16(14)20;;/h4,6,11-12,15,17,19-20H,3,5,7-10H2,1-2H3;2*1H/t15-;;/m0../s1. The van der Waals surface area contributed by atoms with Crippen molar-refractivity contribution in [1.29, 1.82) is 0 Å². The van der Waals surface area contributed by atoms with Gasteiger partial charge in [0.2, 0.25) is 0 Å². The number of phenolic OH excluding ortho intramolecular Hbond substituents is 2. The van der Waals surface area contributed by atoms with Gasteiger partial charge in [-0.05, 0) is 37.0 Å². The van der Waals surface area contributed by atoms with Gasteiger partial charge < -0.3 is 15.5 Å². The summed E-state index contributed by atoms with van der Waals surface area (Å²) in [4.78, 5) is 2.41. The highest BCUT2D eigenvalue weighted by Gasteiger charge is 2.24. The van der Waals surface area contributed by atoms with Crippen molar-refractivity contribution in [3.63, 3.8) is 0 Å². The predicted molar refractivity (Wildman–Crippen MR) is 95.5 cm³/mol. The number of aromatic hydroxyl groups is 2. The summed E-state index contributed by atoms with van der Waals surface area (Å²) < 4.78 is 0. The molecule has 1 aromatic rings. The first-order valence-corrected chi connectivity index (χ1v) is 7.54. The van der Waals surface area contributed by atoms with E-state index in [0.29, 0.717) is 5.92 Å². The maximum atomic E-state index is 10.1. The molecular weight excluding hydrogens is 323 g/mol. The van der Waals surface area contributed by atoms with E-state index in [-0.39, 0.29) is 42.4 Å². The molecule has 1 saturated heterocycles. The molecule has 0 aromatic heterocycles. The van der Waals surface area contributed by atoms with Crippen LogP contribution in [0.1, 0.15) is 38.3 Å². The maximum absolute atomic E-state index is 10.1. The molecule has 6 heteroatoms. The summed E-state index contributed by atoms with van der Waals surface area (Å²) in [6, 6.07) is 5.03. The first kappa shape index (κ1) is 21.3. The number of halogens is 2. The molecule has 0 spiro atoms. The molecule has 3 N–H and O–H groups in total. The highest BCUT2D eigenvalue weighted by Crippen LogP contribution is 2.35. The molecule has 1 aliphatic rings. The topological polar surface area (TPSA) is 55.7 Å². The third-order valence-corrected chi connectivity index (χ3v) is 3.98. The van der Waals surface area contributed by atoms with Gasteiger partial charge in [0.1, 0.15) is 11.5 Å². The molecule has 1 aliphatic heterocycles. The Kier molecular flexibility index (Phi) is 9.85. The monoisotopic (exact) mass is 350 g/mol. The van der Waals surface area contributed by atoms with E-state index in [1.165, 1.54) is 6.07 Å². The second-order valence-corrected chi connectivity index (χ2v) is 6.02. The summed E-state index contributed by atoms with van der Waals surface area (Å²) >= 11 is 0. The zero-order valence-electron chi connectivity index (χ0n) is 13.3. The molecule has 128 valence electrons. The Morgan fingerprint density at radius 3 is 2.32 bits per heavy atom. The molecule has 1 heterocycles. The van der Waals surface area contributed by atoms with E-state index in [9.17, 15) is 10.2 Å². The van der Waals surface area contributed by atoms with Crippen molar-refractivity contribution in [1.82, 2.24) is 10.2 Å². The van der Waals surface area contributed by atoms with Crippen LogP contribution in [0.15, 0.2) is 18.2 Å². The van der Waals surface area contributed by atoms with E-state index < -0.39 is 0 Å². The Balaban J connectivity index is 0.00000220. The zero-order chi connectivity index (χ0) is 14.5. The Bertz CT molecular complexity index is 438. The maximum Gasteiger partial charge on any atom is 0.120 e. The van der Waals surface area contributed by atoms with Crippen molar-refractivity contribution in [3.05, 3.63) is 23.8 Å². The van der Waals surface area contributed by atoms with Crippen molar-refractivity contribution in [2.45, 2.75) is 32.7 Å². The van der Waals surface area contributed by atoms with Gasteiger partial charge >= 0.3 is 0 Å². The van der Waals surface area contributed by atoms with Crippen molar-refractivity contribution in [2.24, 2.45) is 5.92 Å². The summed E-state index contributed by atoms with van der Waals surface area (Å²) in [5.74, 6) is 1.15. The van der Waals surface area contributed by atoms with Crippen LogP contribution in [0.25, 0.3) is 0 Å². The minimum atomic E-state index is 0. The van der Waals surface area contributed by atoms with Crippen LogP contribution in [0.4, 0.5) is 0 Å². The van der Waals surface area contributed by atoms with Gasteiger partial charge in [0.15, 0.2) is 0 Å². The molecule has 0 unspecified atom stereocenters. The number of hydrogen-bond donors (Lipinski definition) is 3. The van der Waals surface area contributed by atoms with Crippen LogP contribution in [0.2, 0.25) is 0 Å². The fraction of sp³-hybridized carbons (Fsp3) is 0.625. The quantitative estimate of drug-likeness (QED) is 0.713. The molecule has 4 nitrogen and oxygen atoms in total. The van der Waals surface area contributed by atoms with Gasteiger partial charge in [-0.3, -0.25) is 4.90 Å². The van der Waals surface area contributed by atoms with E-state index in [0.717, 1.165) is 44.6 Å². The zero-order valence-corrected chi connectivity index (χ0v) is 14.9. The van der Waals surface area contributed by atoms with Gasteiger partial charge in [0.05, 0.1) is 0 Å². The number of benzene rings is 1. The molecule has 1 atom stereocenters. The van der Waals surface area contributed by atoms with Crippen LogP contribution < -0.4 is 5.32 Å². The van der Waals surface area contributed by atoms with Crippen LogP contribution in [-0.4, -0.2) is 41.3 Å². The fourth-order valence-electron chi connectivity index (χ4n) is 2.83. The van der Waals surface area contributed by atoms with Gasteiger partial charge in [-0.2, -0.15) is 0 Å². The highest BCUT2D eigenvalue weighted by molar-refractivity contribution is 5.85. The smallest absolute Gasteiger partial charge is 0.120 e. The van der Waals surface area contributed by atoms with Gasteiger partial charge in [-0.25, -0.2) is 0 Å². The summed E-state index contributed by atoms with van der Waals surface area (Å²) in [7, 11) is 0. The Labute approximate surface area is 145 Å². The lowest BCUT2D eigenvalue weighted by molar-refractivity contribution is 0.157. The predicted octanol–water partition coefficient (Wildman–Crippen LogP) is 3.32. The average Bonchev–Trinajstić information content (AvgIpc) is 2.43. The van der Waals surface area contributed by atoms with Gasteiger partial charge in [0.25, 0.3) is 0 Å². The summed E-state index contributed by atoms with van der Waals surface area (Å²) in [6.07, 6.45) is 2.12. The van der Waals surface area contributed by atoms with Gasteiger partial charge in [-0.1, -0.05) is 13.8 Å². The lowest BCUT2D eigenvalue weighted by Crippen LogP contribution is -2.45. The SMILES string of the molecule is CC(C)CC[C@@H](c1cc(O)ccc1O)N1CCNCC1.Cl.Cl. The molecular formula is C16H28Cl2N2O2. The molecule has 22 heavy (non-hydrogen) atoms. The van der Waals surface area contributed by atoms with Crippen LogP contribution in [0.5, 0.6) is 11.5 Å². The minimum Gasteiger partial charge on any atom is -0.508 e. The average molecular weight is 351 g/mol. The number of hydrogen-bond acceptors (Lipinski definition) is 4. The molecule has 0 radical (unpaired) electrons. The molecule has 0 saturated carbocycles. The number of nitrogens with zero attached hydrogens (tertiary/aromatic N) is 1. The summed E-state index contributed by atoms with van der Waals surface area (Å²) in [5.41, 5.74) is 0.854. The van der Waals surface area contributed by atoms with Crippen molar-refractivity contribution < 1.29 is 10.2 Å². The molecule has 0 aliphatic carbocycles. The first-order valence-electron chi connectivity index (χ1n) is 7.54. The number of rotatable bonds is 5. The Morgan fingerprint density at radius 2 is 1.73 bits per heavy atom. The van der Waals surface area contributed by atoms with Crippen LogP contribution >= 0.6 is 24.8 Å². The lowest BCUT2D eigenvalue weighted by Gasteiger charge is -2.36. The Morgan fingerprint density at radius 1 is 1.09 bits per heavy atom. The van der Waals surface area contributed by atoms with E-state index in [2.05, 4.69) is 24.1 Å².